The number of hydrogen-bond donors (Lipinski definition) is 2. The van der Waals surface area contributed by atoms with Gasteiger partial charge in [0.2, 0.25) is 0 Å². The van der Waals surface area contributed by atoms with Gasteiger partial charge in [-0.05, 0) is 23.8 Å². The Morgan fingerprint density at radius 3 is 2.74 bits per heavy atom. The molecule has 0 saturated heterocycles. The second-order valence-electron chi connectivity index (χ2n) is 4.20. The minimum Gasteiger partial charge on any atom is -0.459 e. The smallest absolute Gasteiger partial charge is 0.134 e. The van der Waals surface area contributed by atoms with Gasteiger partial charge in [-0.2, -0.15) is 0 Å². The molecule has 0 bridgehead atoms. The highest BCUT2D eigenvalue weighted by Gasteiger charge is 2.17. The van der Waals surface area contributed by atoms with Crippen molar-refractivity contribution in [3.63, 3.8) is 0 Å². The van der Waals surface area contributed by atoms with E-state index in [4.69, 9.17) is 21.9 Å². The highest BCUT2D eigenvalue weighted by molar-refractivity contribution is 6.29. The average molecular weight is 274 g/mol. The van der Waals surface area contributed by atoms with Gasteiger partial charge in [0, 0.05) is 11.6 Å². The molecule has 3 N–H and O–H groups in total. The fraction of sp³-hybridized carbons (Fsp3) is 0.0714. The molecule has 2 heterocycles. The first kappa shape index (κ1) is 12.2. The van der Waals surface area contributed by atoms with Crippen molar-refractivity contribution in [1.82, 2.24) is 10.4 Å². The summed E-state index contributed by atoms with van der Waals surface area (Å²) in [7, 11) is 0. The molecule has 3 rings (SSSR count). The van der Waals surface area contributed by atoms with Crippen LogP contribution in [0.25, 0.3) is 11.0 Å². The monoisotopic (exact) mass is 273 g/mol. The average Bonchev–Trinajstić information content (AvgIpc) is 2.85. The molecule has 96 valence electrons. The second kappa shape index (κ2) is 5.01. The van der Waals surface area contributed by atoms with E-state index in [1.165, 1.54) is 0 Å². The number of benzene rings is 1. The van der Waals surface area contributed by atoms with E-state index in [0.29, 0.717) is 5.15 Å². The summed E-state index contributed by atoms with van der Waals surface area (Å²) in [5, 5.41) is 1.49. The van der Waals surface area contributed by atoms with Gasteiger partial charge >= 0.3 is 0 Å². The Bertz CT molecular complexity index is 660. The lowest BCUT2D eigenvalue weighted by molar-refractivity contribution is 0.476. The molecule has 0 aliphatic heterocycles. The van der Waals surface area contributed by atoms with Crippen molar-refractivity contribution in [2.45, 2.75) is 6.04 Å². The van der Waals surface area contributed by atoms with Gasteiger partial charge in [-0.25, -0.2) is 10.4 Å². The normalized spacial score (nSPS) is 12.7. The van der Waals surface area contributed by atoms with E-state index in [9.17, 15) is 0 Å². The van der Waals surface area contributed by atoms with Crippen molar-refractivity contribution < 1.29 is 4.42 Å². The molecule has 0 fully saturated rings. The van der Waals surface area contributed by atoms with Crippen LogP contribution in [-0.2, 0) is 0 Å². The molecule has 3 aromatic rings. The lowest BCUT2D eigenvalue weighted by Crippen LogP contribution is -2.28. The summed E-state index contributed by atoms with van der Waals surface area (Å²) in [6.07, 6.45) is 1.68. The number of furan rings is 1. The topological polar surface area (TPSA) is 64.1 Å². The maximum atomic E-state index is 5.80. The molecule has 4 nitrogen and oxygen atoms in total. The number of pyridine rings is 1. The largest absolute Gasteiger partial charge is 0.459 e. The number of nitrogens with two attached hydrogens (primary N) is 1. The van der Waals surface area contributed by atoms with E-state index in [-0.39, 0.29) is 6.04 Å². The summed E-state index contributed by atoms with van der Waals surface area (Å²) in [6.45, 7) is 0. The highest BCUT2D eigenvalue weighted by atomic mass is 35.5. The van der Waals surface area contributed by atoms with Crippen molar-refractivity contribution in [3.05, 3.63) is 65.1 Å². The van der Waals surface area contributed by atoms with Crippen molar-refractivity contribution >= 4 is 22.6 Å². The van der Waals surface area contributed by atoms with Crippen LogP contribution in [0.3, 0.4) is 0 Å². The Labute approximate surface area is 115 Å². The first-order chi connectivity index (χ1) is 9.28. The third-order valence-electron chi connectivity index (χ3n) is 2.98. The molecule has 5 heteroatoms. The Balaban J connectivity index is 2.04. The molecule has 0 radical (unpaired) electrons. The van der Waals surface area contributed by atoms with Crippen molar-refractivity contribution in [1.29, 1.82) is 0 Å². The molecule has 0 aliphatic rings. The quantitative estimate of drug-likeness (QED) is 0.437. The van der Waals surface area contributed by atoms with E-state index < -0.39 is 0 Å². The van der Waals surface area contributed by atoms with Crippen LogP contribution < -0.4 is 11.3 Å². The van der Waals surface area contributed by atoms with Gasteiger partial charge in [0.15, 0.2) is 0 Å². The lowest BCUT2D eigenvalue weighted by Gasteiger charge is -2.12. The maximum Gasteiger partial charge on any atom is 0.134 e. The number of nitrogens with one attached hydrogen (secondary N) is 1. The van der Waals surface area contributed by atoms with E-state index in [0.717, 1.165) is 22.3 Å². The van der Waals surface area contributed by atoms with Crippen molar-refractivity contribution in [2.24, 2.45) is 5.84 Å². The van der Waals surface area contributed by atoms with Crippen LogP contribution in [-0.4, -0.2) is 4.98 Å². The summed E-state index contributed by atoms with van der Waals surface area (Å²) in [5.41, 5.74) is 4.47. The zero-order valence-corrected chi connectivity index (χ0v) is 10.8. The van der Waals surface area contributed by atoms with Crippen LogP contribution >= 0.6 is 11.6 Å². The molecule has 0 spiro atoms. The van der Waals surface area contributed by atoms with Gasteiger partial charge < -0.3 is 4.42 Å². The summed E-state index contributed by atoms with van der Waals surface area (Å²) < 4.78 is 5.80. The third-order valence-corrected chi connectivity index (χ3v) is 3.20. The van der Waals surface area contributed by atoms with Gasteiger partial charge in [0.05, 0.1) is 0 Å². The fourth-order valence-corrected chi connectivity index (χ4v) is 2.16. The highest BCUT2D eigenvalue weighted by Crippen LogP contribution is 2.27. The van der Waals surface area contributed by atoms with Crippen LogP contribution in [0.4, 0.5) is 0 Å². The van der Waals surface area contributed by atoms with Gasteiger partial charge in [0.1, 0.15) is 22.5 Å². The maximum absolute atomic E-state index is 5.80. The lowest BCUT2D eigenvalue weighted by atomic mass is 10.1. The first-order valence-corrected chi connectivity index (χ1v) is 6.22. The summed E-state index contributed by atoms with van der Waals surface area (Å²) in [6, 6.07) is 13.1. The van der Waals surface area contributed by atoms with Crippen molar-refractivity contribution in [3.8, 4) is 0 Å². The summed E-state index contributed by atoms with van der Waals surface area (Å²) >= 11 is 5.78. The van der Waals surface area contributed by atoms with E-state index in [1.54, 1.807) is 12.3 Å². The number of fused-ring (bicyclic) bond motifs is 1. The van der Waals surface area contributed by atoms with Gasteiger partial charge in [-0.3, -0.25) is 5.84 Å². The number of para-hydroxylation sites is 1. The predicted molar refractivity (Wildman–Crippen MR) is 74.6 cm³/mol. The van der Waals surface area contributed by atoms with Gasteiger partial charge in [-0.15, -0.1) is 0 Å². The molecule has 19 heavy (non-hydrogen) atoms. The minimum absolute atomic E-state index is 0.253. The van der Waals surface area contributed by atoms with Crippen LogP contribution in [0.5, 0.6) is 0 Å². The van der Waals surface area contributed by atoms with Crippen molar-refractivity contribution in [2.75, 3.05) is 0 Å². The molecule has 0 amide bonds. The number of rotatable bonds is 3. The zero-order chi connectivity index (χ0) is 13.2. The van der Waals surface area contributed by atoms with E-state index in [2.05, 4.69) is 10.4 Å². The minimum atomic E-state index is -0.253. The number of halogens is 1. The van der Waals surface area contributed by atoms with Gasteiger partial charge in [0.25, 0.3) is 0 Å². The van der Waals surface area contributed by atoms with Crippen LogP contribution in [0, 0.1) is 0 Å². The molecule has 1 atom stereocenters. The number of hydrazine groups is 1. The van der Waals surface area contributed by atoms with Crippen LogP contribution in [0.2, 0.25) is 5.15 Å². The van der Waals surface area contributed by atoms with E-state index in [1.807, 2.05) is 36.4 Å². The number of aromatic nitrogens is 1. The first-order valence-electron chi connectivity index (χ1n) is 5.84. The summed E-state index contributed by atoms with van der Waals surface area (Å²) in [5.74, 6) is 6.37. The van der Waals surface area contributed by atoms with E-state index >= 15 is 0 Å². The van der Waals surface area contributed by atoms with Gasteiger partial charge in [-0.1, -0.05) is 35.9 Å². The Kier molecular flexibility index (Phi) is 3.21. The molecule has 1 aromatic carbocycles. The second-order valence-corrected chi connectivity index (χ2v) is 4.59. The number of nitrogens with zero attached hydrogens (tertiary/aromatic N) is 1. The fourth-order valence-electron chi connectivity index (χ4n) is 2.05. The Morgan fingerprint density at radius 1 is 1.21 bits per heavy atom. The zero-order valence-electron chi connectivity index (χ0n) is 10.0. The molecular formula is C14H12ClN3O. The SMILES string of the molecule is NNC(c1ccc(Cl)nc1)c1cc2ccccc2o1. The molecule has 0 saturated carbocycles. The molecule has 1 unspecified atom stereocenters. The third kappa shape index (κ3) is 2.33. The predicted octanol–water partition coefficient (Wildman–Crippen LogP) is 3.03. The standard InChI is InChI=1S/C14H12ClN3O/c15-13-6-5-10(8-17-13)14(18-16)12-7-9-3-1-2-4-11(9)19-12/h1-8,14,18H,16H2. The molecular weight excluding hydrogens is 262 g/mol. The Morgan fingerprint density at radius 2 is 2.05 bits per heavy atom. The summed E-state index contributed by atoms with van der Waals surface area (Å²) in [4.78, 5) is 4.06. The van der Waals surface area contributed by atoms with Crippen LogP contribution in [0.1, 0.15) is 17.4 Å². The number of hydrogen-bond acceptors (Lipinski definition) is 4. The molecule has 0 aliphatic carbocycles. The van der Waals surface area contributed by atoms with Crippen LogP contribution in [0.15, 0.2) is 53.1 Å². The Hall–Kier alpha value is -1.88. The molecule has 2 aromatic heterocycles.